The summed E-state index contributed by atoms with van der Waals surface area (Å²) < 4.78 is 26.7. The van der Waals surface area contributed by atoms with Crippen molar-refractivity contribution in [1.29, 1.82) is 0 Å². The van der Waals surface area contributed by atoms with Crippen LogP contribution in [0, 0.1) is 18.6 Å². The molecule has 2 aromatic rings. The molecule has 1 aliphatic rings. The third-order valence-corrected chi connectivity index (χ3v) is 4.83. The fourth-order valence-electron chi connectivity index (χ4n) is 2.39. The van der Waals surface area contributed by atoms with Gasteiger partial charge in [-0.2, -0.15) is 0 Å². The van der Waals surface area contributed by atoms with E-state index in [4.69, 9.17) is 0 Å². The Hall–Kier alpha value is -1.33. The maximum atomic E-state index is 13.5. The van der Waals surface area contributed by atoms with Crippen LogP contribution >= 0.6 is 11.3 Å². The molecule has 1 atom stereocenters. The zero-order chi connectivity index (χ0) is 15.0. The van der Waals surface area contributed by atoms with Gasteiger partial charge in [0.2, 0.25) is 0 Å². The first-order chi connectivity index (χ1) is 10.1. The number of rotatable bonds is 5. The number of halogens is 2. The summed E-state index contributed by atoms with van der Waals surface area (Å²) in [4.78, 5) is 5.87. The number of nitrogens with one attached hydrogen (secondary N) is 1. The highest BCUT2D eigenvalue weighted by molar-refractivity contribution is 7.11. The molecule has 5 heteroatoms. The van der Waals surface area contributed by atoms with Gasteiger partial charge in [0.1, 0.15) is 5.01 Å². The molecule has 3 rings (SSSR count). The van der Waals surface area contributed by atoms with Crippen LogP contribution in [0.3, 0.4) is 0 Å². The quantitative estimate of drug-likeness (QED) is 0.898. The van der Waals surface area contributed by atoms with Crippen molar-refractivity contribution < 1.29 is 8.78 Å². The van der Waals surface area contributed by atoms with Crippen molar-refractivity contribution in [3.8, 4) is 0 Å². The van der Waals surface area contributed by atoms with Gasteiger partial charge in [0.05, 0.1) is 11.7 Å². The number of hydrogen-bond acceptors (Lipinski definition) is 3. The first-order valence-corrected chi connectivity index (χ1v) is 8.07. The normalized spacial score (nSPS) is 16.2. The largest absolute Gasteiger partial charge is 0.301 e. The molecule has 0 bridgehead atoms. The van der Waals surface area contributed by atoms with Crippen LogP contribution in [0.1, 0.15) is 46.9 Å². The van der Waals surface area contributed by atoms with Crippen LogP contribution in [0.4, 0.5) is 8.78 Å². The summed E-state index contributed by atoms with van der Waals surface area (Å²) in [6, 6.07) is 4.40. The third-order valence-electron chi connectivity index (χ3n) is 3.75. The van der Waals surface area contributed by atoms with Crippen molar-refractivity contribution in [3.63, 3.8) is 0 Å². The predicted molar refractivity (Wildman–Crippen MR) is 80.6 cm³/mol. The monoisotopic (exact) mass is 308 g/mol. The Bertz CT molecular complexity index is 650. The lowest BCUT2D eigenvalue weighted by molar-refractivity contribution is 0.502. The second kappa shape index (κ2) is 5.81. The summed E-state index contributed by atoms with van der Waals surface area (Å²) in [6.07, 6.45) is 3.15. The number of nitrogens with zero attached hydrogens (tertiary/aromatic N) is 1. The van der Waals surface area contributed by atoms with Crippen molar-refractivity contribution in [2.75, 3.05) is 0 Å². The zero-order valence-electron chi connectivity index (χ0n) is 12.1. The molecule has 21 heavy (non-hydrogen) atoms. The van der Waals surface area contributed by atoms with Crippen molar-refractivity contribution >= 4 is 11.3 Å². The molecule has 112 valence electrons. The van der Waals surface area contributed by atoms with E-state index in [9.17, 15) is 8.78 Å². The smallest absolute Gasteiger partial charge is 0.159 e. The van der Waals surface area contributed by atoms with E-state index in [0.717, 1.165) is 35.5 Å². The van der Waals surface area contributed by atoms with Gasteiger partial charge in [-0.1, -0.05) is 13.0 Å². The molecule has 1 aliphatic carbocycles. The van der Waals surface area contributed by atoms with E-state index in [1.165, 1.54) is 17.0 Å². The molecular weight excluding hydrogens is 290 g/mol. The molecule has 0 spiro atoms. The average molecular weight is 308 g/mol. The Balaban J connectivity index is 1.97. The highest BCUT2D eigenvalue weighted by atomic mass is 32.1. The molecule has 1 aromatic heterocycles. The highest BCUT2D eigenvalue weighted by Gasteiger charge is 2.28. The molecule has 2 nitrogen and oxygen atoms in total. The van der Waals surface area contributed by atoms with E-state index in [1.807, 2.05) is 0 Å². The molecule has 1 aromatic carbocycles. The molecular formula is C16H18F2N2S. The Morgan fingerprint density at radius 3 is 2.67 bits per heavy atom. The molecule has 0 radical (unpaired) electrons. The van der Waals surface area contributed by atoms with Gasteiger partial charge < -0.3 is 5.32 Å². The number of thiazole rings is 1. The maximum Gasteiger partial charge on any atom is 0.159 e. The van der Waals surface area contributed by atoms with E-state index in [1.54, 1.807) is 17.4 Å². The van der Waals surface area contributed by atoms with Crippen molar-refractivity contribution in [2.45, 2.75) is 45.2 Å². The Morgan fingerprint density at radius 2 is 2.10 bits per heavy atom. The highest BCUT2D eigenvalue weighted by Crippen LogP contribution is 2.32. The minimum atomic E-state index is -0.812. The summed E-state index contributed by atoms with van der Waals surface area (Å²) in [7, 11) is 0. The van der Waals surface area contributed by atoms with Crippen LogP contribution in [0.2, 0.25) is 0 Å². The Morgan fingerprint density at radius 1 is 1.33 bits per heavy atom. The second-order valence-electron chi connectivity index (χ2n) is 5.46. The topological polar surface area (TPSA) is 24.9 Å². The fourth-order valence-corrected chi connectivity index (χ4v) is 3.49. The third kappa shape index (κ3) is 3.14. The van der Waals surface area contributed by atoms with Gasteiger partial charge in [0.25, 0.3) is 0 Å². The number of benzene rings is 1. The average Bonchev–Trinajstić information content (AvgIpc) is 3.21. The molecule has 1 saturated carbocycles. The lowest BCUT2D eigenvalue weighted by Crippen LogP contribution is -2.24. The minimum absolute atomic E-state index is 0.156. The van der Waals surface area contributed by atoms with Crippen LogP contribution in [0.5, 0.6) is 0 Å². The van der Waals surface area contributed by atoms with Gasteiger partial charge >= 0.3 is 0 Å². The van der Waals surface area contributed by atoms with Crippen molar-refractivity contribution in [3.05, 3.63) is 51.0 Å². The van der Waals surface area contributed by atoms with Crippen molar-refractivity contribution in [2.24, 2.45) is 0 Å². The molecule has 1 heterocycles. The van der Waals surface area contributed by atoms with Crippen LogP contribution in [0.25, 0.3) is 0 Å². The molecule has 0 saturated heterocycles. The summed E-state index contributed by atoms with van der Waals surface area (Å²) in [6.45, 7) is 4.13. The van der Waals surface area contributed by atoms with Gasteiger partial charge in [0, 0.05) is 10.9 Å². The van der Waals surface area contributed by atoms with E-state index in [2.05, 4.69) is 24.1 Å². The van der Waals surface area contributed by atoms with E-state index < -0.39 is 11.6 Å². The lowest BCUT2D eigenvalue weighted by atomic mass is 10.1. The number of aryl methyl sites for hydroxylation is 2. The van der Waals surface area contributed by atoms with Crippen molar-refractivity contribution in [1.82, 2.24) is 10.3 Å². The number of hydrogen-bond donors (Lipinski definition) is 1. The Labute approximate surface area is 127 Å². The van der Waals surface area contributed by atoms with Crippen LogP contribution in [-0.2, 0) is 6.42 Å². The minimum Gasteiger partial charge on any atom is -0.301 e. The molecule has 1 fully saturated rings. The molecule has 0 amide bonds. The van der Waals surface area contributed by atoms with Gasteiger partial charge in [0.15, 0.2) is 11.6 Å². The van der Waals surface area contributed by atoms with Gasteiger partial charge in [-0.25, -0.2) is 13.8 Å². The van der Waals surface area contributed by atoms with Gasteiger partial charge in [-0.15, -0.1) is 11.3 Å². The molecule has 1 N–H and O–H groups in total. The van der Waals surface area contributed by atoms with E-state index >= 15 is 0 Å². The zero-order valence-corrected chi connectivity index (χ0v) is 12.9. The predicted octanol–water partition coefficient (Wildman–Crippen LogP) is 4.13. The molecule has 1 unspecified atom stereocenters. The van der Waals surface area contributed by atoms with Crippen LogP contribution in [0.15, 0.2) is 18.2 Å². The first kappa shape index (κ1) is 14.6. The summed E-state index contributed by atoms with van der Waals surface area (Å²) >= 11 is 1.63. The fraction of sp³-hybridized carbons (Fsp3) is 0.438. The summed E-state index contributed by atoms with van der Waals surface area (Å²) in [5.74, 6) is -1.62. The SMILES string of the molecule is CCc1nc(C(NC2CC2)c2ccc(F)c(F)c2)sc1C. The maximum absolute atomic E-state index is 13.5. The van der Waals surface area contributed by atoms with E-state index in [0.29, 0.717) is 6.04 Å². The van der Waals surface area contributed by atoms with E-state index in [-0.39, 0.29) is 6.04 Å². The van der Waals surface area contributed by atoms with Crippen LogP contribution < -0.4 is 5.32 Å². The number of aromatic nitrogens is 1. The second-order valence-corrected chi connectivity index (χ2v) is 6.69. The summed E-state index contributed by atoms with van der Waals surface area (Å²) in [5, 5.41) is 4.43. The van der Waals surface area contributed by atoms with Crippen LogP contribution in [-0.4, -0.2) is 11.0 Å². The first-order valence-electron chi connectivity index (χ1n) is 7.25. The van der Waals surface area contributed by atoms with Gasteiger partial charge in [-0.3, -0.25) is 0 Å². The lowest BCUT2D eigenvalue weighted by Gasteiger charge is -2.17. The van der Waals surface area contributed by atoms with Gasteiger partial charge in [-0.05, 0) is 43.9 Å². The summed E-state index contributed by atoms with van der Waals surface area (Å²) in [5.41, 5.74) is 1.82. The molecule has 0 aliphatic heterocycles. The standard InChI is InChI=1S/C16H18F2N2S/c1-3-14-9(2)21-16(20-14)15(19-11-5-6-11)10-4-7-12(17)13(18)8-10/h4,7-8,11,15,19H,3,5-6H2,1-2H3. The Kier molecular flexibility index (Phi) is 4.04.